The number of para-hydroxylation sites is 4. The number of ether oxygens (including phenoxy) is 2. The van der Waals surface area contributed by atoms with Crippen molar-refractivity contribution in [3.63, 3.8) is 0 Å². The maximum atomic E-state index is 12.2. The molecule has 5 nitrogen and oxygen atoms in total. The molecule has 24 heavy (non-hydrogen) atoms. The molecular formula is C18H22O5P+. The molecule has 0 bridgehead atoms. The van der Waals surface area contributed by atoms with E-state index in [-0.39, 0.29) is 0 Å². The van der Waals surface area contributed by atoms with Gasteiger partial charge in [-0.05, 0) is 37.1 Å². The highest BCUT2D eigenvalue weighted by atomic mass is 31.1. The van der Waals surface area contributed by atoms with Gasteiger partial charge < -0.3 is 9.47 Å². The Kier molecular flexibility index (Phi) is 7.37. The molecule has 0 radical (unpaired) electrons. The quantitative estimate of drug-likeness (QED) is 0.539. The van der Waals surface area contributed by atoms with Crippen molar-refractivity contribution in [2.45, 2.75) is 26.7 Å². The number of benzene rings is 2. The summed E-state index contributed by atoms with van der Waals surface area (Å²) in [5, 5.41) is 0. The van der Waals surface area contributed by atoms with Gasteiger partial charge in [0.15, 0.2) is 11.5 Å². The van der Waals surface area contributed by atoms with Crippen LogP contribution in [0.15, 0.2) is 48.5 Å². The smallest absolute Gasteiger partial charge is 0.489 e. The monoisotopic (exact) mass is 349 g/mol. The van der Waals surface area contributed by atoms with Gasteiger partial charge in [0.25, 0.3) is 0 Å². The lowest BCUT2D eigenvalue weighted by atomic mass is 10.3. The van der Waals surface area contributed by atoms with Crippen molar-refractivity contribution in [1.82, 2.24) is 0 Å². The molecule has 0 aliphatic carbocycles. The van der Waals surface area contributed by atoms with Gasteiger partial charge in [-0.15, -0.1) is 0 Å². The van der Waals surface area contributed by atoms with E-state index in [0.717, 1.165) is 12.8 Å². The van der Waals surface area contributed by atoms with Crippen molar-refractivity contribution in [1.29, 1.82) is 0 Å². The van der Waals surface area contributed by atoms with Crippen LogP contribution in [0.5, 0.6) is 23.0 Å². The Morgan fingerprint density at radius 1 is 0.708 bits per heavy atom. The molecule has 0 atom stereocenters. The van der Waals surface area contributed by atoms with Crippen LogP contribution in [0.1, 0.15) is 26.7 Å². The van der Waals surface area contributed by atoms with E-state index in [1.54, 1.807) is 36.4 Å². The first kappa shape index (κ1) is 18.1. The second-order valence-electron chi connectivity index (χ2n) is 5.00. The van der Waals surface area contributed by atoms with Gasteiger partial charge in [0.1, 0.15) is 0 Å². The van der Waals surface area contributed by atoms with E-state index in [1.165, 1.54) is 0 Å². The van der Waals surface area contributed by atoms with Crippen molar-refractivity contribution in [3.8, 4) is 23.0 Å². The molecule has 128 valence electrons. The van der Waals surface area contributed by atoms with Gasteiger partial charge in [-0.1, -0.05) is 38.1 Å². The molecule has 0 saturated carbocycles. The van der Waals surface area contributed by atoms with Gasteiger partial charge in [0.2, 0.25) is 11.5 Å². The zero-order valence-electron chi connectivity index (χ0n) is 13.9. The van der Waals surface area contributed by atoms with E-state index in [2.05, 4.69) is 0 Å². The summed E-state index contributed by atoms with van der Waals surface area (Å²) in [7, 11) is -2.41. The molecule has 0 amide bonds. The van der Waals surface area contributed by atoms with Gasteiger partial charge in [-0.2, -0.15) is 0 Å². The van der Waals surface area contributed by atoms with Crippen LogP contribution >= 0.6 is 8.25 Å². The van der Waals surface area contributed by atoms with Crippen LogP contribution in [0.4, 0.5) is 0 Å². The highest BCUT2D eigenvalue weighted by Gasteiger charge is 2.28. The topological polar surface area (TPSA) is 54.0 Å². The molecule has 0 aliphatic rings. The van der Waals surface area contributed by atoms with Gasteiger partial charge >= 0.3 is 8.25 Å². The third-order valence-corrected chi connectivity index (χ3v) is 3.66. The van der Waals surface area contributed by atoms with Crippen LogP contribution in [0.3, 0.4) is 0 Å². The summed E-state index contributed by atoms with van der Waals surface area (Å²) >= 11 is 0. The van der Waals surface area contributed by atoms with Crippen LogP contribution in [0.2, 0.25) is 0 Å². The van der Waals surface area contributed by atoms with Gasteiger partial charge in [-0.3, -0.25) is 0 Å². The molecule has 0 aliphatic heterocycles. The Hall–Kier alpha value is -2.26. The van der Waals surface area contributed by atoms with Crippen LogP contribution < -0.4 is 18.5 Å². The first-order valence-electron chi connectivity index (χ1n) is 8.01. The molecule has 0 spiro atoms. The number of hydrogen-bond donors (Lipinski definition) is 0. The van der Waals surface area contributed by atoms with Crippen LogP contribution in [0.25, 0.3) is 0 Å². The van der Waals surface area contributed by atoms with Gasteiger partial charge in [-0.25, -0.2) is 9.05 Å². The molecule has 0 fully saturated rings. The molecular weight excluding hydrogens is 327 g/mol. The maximum Gasteiger partial charge on any atom is 0.805 e. The lowest BCUT2D eigenvalue weighted by Gasteiger charge is -2.07. The van der Waals surface area contributed by atoms with E-state index in [9.17, 15) is 4.57 Å². The van der Waals surface area contributed by atoms with E-state index >= 15 is 0 Å². The molecule has 2 aromatic rings. The van der Waals surface area contributed by atoms with E-state index in [4.69, 9.17) is 18.5 Å². The standard InChI is InChI=1S/C18H22O5P/c1-3-13-20-15-9-5-7-11-17(15)22-24(19)23-18-12-8-6-10-16(18)21-14-4-2/h5-12H,3-4,13-14H2,1-2H3/q+1. The maximum absolute atomic E-state index is 12.2. The summed E-state index contributed by atoms with van der Waals surface area (Å²) in [6.07, 6.45) is 1.75. The molecule has 0 heterocycles. The van der Waals surface area contributed by atoms with Gasteiger partial charge in [0, 0.05) is 4.57 Å². The highest BCUT2D eigenvalue weighted by Crippen LogP contribution is 2.39. The van der Waals surface area contributed by atoms with Crippen molar-refractivity contribution in [2.75, 3.05) is 13.2 Å². The predicted octanol–water partition coefficient (Wildman–Crippen LogP) is 5.38. The molecule has 2 aromatic carbocycles. The van der Waals surface area contributed by atoms with Gasteiger partial charge in [0.05, 0.1) is 13.2 Å². The number of hydrogen-bond acceptors (Lipinski definition) is 5. The fourth-order valence-electron chi connectivity index (χ4n) is 1.89. The minimum absolute atomic E-state index is 0.388. The predicted molar refractivity (Wildman–Crippen MR) is 93.3 cm³/mol. The lowest BCUT2D eigenvalue weighted by molar-refractivity contribution is 0.298. The highest BCUT2D eigenvalue weighted by molar-refractivity contribution is 7.34. The summed E-state index contributed by atoms with van der Waals surface area (Å²) in [6.45, 7) is 5.15. The van der Waals surface area contributed by atoms with E-state index < -0.39 is 8.25 Å². The largest absolute Gasteiger partial charge is 0.805 e. The first-order chi connectivity index (χ1) is 11.7. The summed E-state index contributed by atoms with van der Waals surface area (Å²) < 4.78 is 34.2. The zero-order valence-corrected chi connectivity index (χ0v) is 14.8. The van der Waals surface area contributed by atoms with Crippen LogP contribution in [0, 0.1) is 0 Å². The summed E-state index contributed by atoms with van der Waals surface area (Å²) in [5.74, 6) is 1.86. The zero-order chi connectivity index (χ0) is 17.2. The Morgan fingerprint density at radius 2 is 1.08 bits per heavy atom. The molecule has 0 N–H and O–H groups in total. The van der Waals surface area contributed by atoms with Crippen LogP contribution in [-0.2, 0) is 4.57 Å². The normalized spacial score (nSPS) is 10.1. The first-order valence-corrected chi connectivity index (χ1v) is 9.11. The van der Waals surface area contributed by atoms with Crippen molar-refractivity contribution in [2.24, 2.45) is 0 Å². The third kappa shape index (κ3) is 5.43. The summed E-state index contributed by atoms with van der Waals surface area (Å²) in [6, 6.07) is 14.2. The molecule has 0 saturated heterocycles. The van der Waals surface area contributed by atoms with Crippen LogP contribution in [-0.4, -0.2) is 13.2 Å². The Balaban J connectivity index is 2.04. The average Bonchev–Trinajstić information content (AvgIpc) is 2.60. The van der Waals surface area contributed by atoms with E-state index in [1.807, 2.05) is 26.0 Å². The molecule has 6 heteroatoms. The van der Waals surface area contributed by atoms with Crippen molar-refractivity contribution >= 4 is 8.25 Å². The minimum atomic E-state index is -2.41. The summed E-state index contributed by atoms with van der Waals surface area (Å²) in [4.78, 5) is 0. The van der Waals surface area contributed by atoms with Crippen molar-refractivity contribution in [3.05, 3.63) is 48.5 Å². The molecule has 0 aromatic heterocycles. The molecule has 2 rings (SSSR count). The average molecular weight is 349 g/mol. The van der Waals surface area contributed by atoms with E-state index in [0.29, 0.717) is 36.2 Å². The number of rotatable bonds is 10. The SMILES string of the molecule is CCCOc1ccccc1O[P+](=O)Oc1ccccc1OCCC. The second kappa shape index (κ2) is 9.78. The molecule has 0 unspecified atom stereocenters. The summed E-state index contributed by atoms with van der Waals surface area (Å²) in [5.41, 5.74) is 0. The van der Waals surface area contributed by atoms with Crippen molar-refractivity contribution < 1.29 is 23.1 Å². The second-order valence-corrected chi connectivity index (χ2v) is 5.81. The fourth-order valence-corrected chi connectivity index (χ4v) is 2.55. The Bertz CT molecular complexity index is 604. The Morgan fingerprint density at radius 3 is 1.46 bits per heavy atom. The minimum Gasteiger partial charge on any atom is -0.489 e. The Labute approximate surface area is 143 Å². The fraction of sp³-hybridized carbons (Fsp3) is 0.333. The third-order valence-electron chi connectivity index (χ3n) is 2.97. The lowest BCUT2D eigenvalue weighted by Crippen LogP contribution is -1.99.